The van der Waals surface area contributed by atoms with Crippen LogP contribution in [0.1, 0.15) is 34.7 Å². The molecule has 0 aliphatic carbocycles. The van der Waals surface area contributed by atoms with Gasteiger partial charge in [-0.2, -0.15) is 9.06 Å². The van der Waals surface area contributed by atoms with E-state index < -0.39 is 17.8 Å². The third-order valence-corrected chi connectivity index (χ3v) is 4.15. The zero-order valence-electron chi connectivity index (χ0n) is 15.2. The van der Waals surface area contributed by atoms with Crippen molar-refractivity contribution in [1.82, 2.24) is 14.5 Å². The topological polar surface area (TPSA) is 112 Å². The molecule has 0 saturated heterocycles. The van der Waals surface area contributed by atoms with Crippen molar-refractivity contribution in [1.29, 1.82) is 0 Å². The number of nitrogens with zero attached hydrogens (tertiary/aromatic N) is 3. The van der Waals surface area contributed by atoms with Crippen LogP contribution in [0, 0.1) is 0 Å². The molecule has 2 rings (SSSR count). The number of ether oxygens (including phenoxy) is 2. The van der Waals surface area contributed by atoms with E-state index in [-0.39, 0.29) is 10.4 Å². The van der Waals surface area contributed by atoms with Gasteiger partial charge in [-0.1, -0.05) is 0 Å². The van der Waals surface area contributed by atoms with Gasteiger partial charge in [0.15, 0.2) is 10.4 Å². The van der Waals surface area contributed by atoms with Gasteiger partial charge in [-0.3, -0.25) is 9.59 Å². The fourth-order valence-corrected chi connectivity index (χ4v) is 2.94. The first kappa shape index (κ1) is 20.5. The van der Waals surface area contributed by atoms with Crippen LogP contribution in [0.2, 0.25) is 0 Å². The van der Waals surface area contributed by atoms with Gasteiger partial charge in [-0.15, -0.1) is 5.10 Å². The molecule has 0 fully saturated rings. The van der Waals surface area contributed by atoms with Crippen LogP contribution in [-0.2, 0) is 14.3 Å². The van der Waals surface area contributed by atoms with Crippen molar-refractivity contribution in [3.8, 4) is 5.69 Å². The SMILES string of the molecule is CCOC(=O)c1ccc(-n2nc(C(=O)NCCOC)c(=NC(C)=O)s2)cc1. The van der Waals surface area contributed by atoms with Crippen LogP contribution in [0.3, 0.4) is 0 Å². The second-order valence-corrected chi connectivity index (χ2v) is 6.18. The number of nitrogens with one attached hydrogen (secondary N) is 1. The van der Waals surface area contributed by atoms with Gasteiger partial charge in [0.2, 0.25) is 5.91 Å². The number of rotatable bonds is 7. The molecule has 0 aliphatic heterocycles. The van der Waals surface area contributed by atoms with E-state index >= 15 is 0 Å². The summed E-state index contributed by atoms with van der Waals surface area (Å²) in [4.78, 5) is 39.3. The molecular formula is C17H20N4O5S. The van der Waals surface area contributed by atoms with Crippen LogP contribution in [0.4, 0.5) is 0 Å². The fourth-order valence-electron chi connectivity index (χ4n) is 2.04. The largest absolute Gasteiger partial charge is 0.462 e. The smallest absolute Gasteiger partial charge is 0.338 e. The number of aromatic nitrogens is 2. The van der Waals surface area contributed by atoms with Gasteiger partial charge in [0.1, 0.15) is 0 Å². The minimum atomic E-state index is -0.454. The number of esters is 1. The molecule has 1 heterocycles. The number of benzene rings is 1. The molecular weight excluding hydrogens is 372 g/mol. The van der Waals surface area contributed by atoms with Gasteiger partial charge in [0.25, 0.3) is 5.91 Å². The third kappa shape index (κ3) is 5.56. The average molecular weight is 392 g/mol. The van der Waals surface area contributed by atoms with Crippen LogP contribution < -0.4 is 9.99 Å². The van der Waals surface area contributed by atoms with Crippen molar-refractivity contribution < 1.29 is 23.9 Å². The van der Waals surface area contributed by atoms with Gasteiger partial charge < -0.3 is 14.8 Å². The molecule has 1 aromatic heterocycles. The molecule has 10 heteroatoms. The minimum absolute atomic E-state index is 0.0424. The molecule has 9 nitrogen and oxygen atoms in total. The lowest BCUT2D eigenvalue weighted by Gasteiger charge is -2.03. The number of carbonyl (C=O) groups excluding carboxylic acids is 3. The molecule has 0 saturated carbocycles. The van der Waals surface area contributed by atoms with Gasteiger partial charge in [-0.25, -0.2) is 4.79 Å². The summed E-state index contributed by atoms with van der Waals surface area (Å²) in [5.41, 5.74) is 1.06. The highest BCUT2D eigenvalue weighted by molar-refractivity contribution is 7.04. The summed E-state index contributed by atoms with van der Waals surface area (Å²) in [6.45, 7) is 3.98. The second-order valence-electron chi connectivity index (χ2n) is 5.26. The molecule has 1 N–H and O–H groups in total. The molecule has 0 atom stereocenters. The van der Waals surface area contributed by atoms with Crippen LogP contribution in [0.15, 0.2) is 29.3 Å². The quantitative estimate of drug-likeness (QED) is 0.554. The maximum Gasteiger partial charge on any atom is 0.338 e. The monoisotopic (exact) mass is 392 g/mol. The molecule has 0 spiro atoms. The van der Waals surface area contributed by atoms with Gasteiger partial charge >= 0.3 is 5.97 Å². The van der Waals surface area contributed by atoms with Crippen LogP contribution in [-0.4, -0.2) is 53.8 Å². The summed E-state index contributed by atoms with van der Waals surface area (Å²) in [6, 6.07) is 6.53. The predicted molar refractivity (Wildman–Crippen MR) is 97.9 cm³/mol. The first-order valence-electron chi connectivity index (χ1n) is 8.17. The first-order chi connectivity index (χ1) is 13.0. The van der Waals surface area contributed by atoms with E-state index in [0.717, 1.165) is 11.5 Å². The number of methoxy groups -OCH3 is 1. The van der Waals surface area contributed by atoms with E-state index in [1.807, 2.05) is 0 Å². The van der Waals surface area contributed by atoms with Crippen LogP contribution >= 0.6 is 11.5 Å². The van der Waals surface area contributed by atoms with Crippen molar-refractivity contribution in [2.45, 2.75) is 13.8 Å². The standard InChI is InChI=1S/C17H20N4O5S/c1-4-26-17(24)12-5-7-13(8-6-12)21-20-14(15(23)18-9-10-25-3)16(27-21)19-11(2)22/h5-8H,4,9-10H2,1-3H3,(H,18,23). The Morgan fingerprint density at radius 3 is 2.56 bits per heavy atom. The molecule has 0 unspecified atom stereocenters. The Kier molecular flexibility index (Phi) is 7.38. The van der Waals surface area contributed by atoms with Crippen molar-refractivity contribution >= 4 is 29.3 Å². The molecule has 27 heavy (non-hydrogen) atoms. The zero-order valence-corrected chi connectivity index (χ0v) is 16.0. The molecule has 144 valence electrons. The minimum Gasteiger partial charge on any atom is -0.462 e. The van der Waals surface area contributed by atoms with Crippen molar-refractivity contribution in [2.24, 2.45) is 4.99 Å². The van der Waals surface area contributed by atoms with Gasteiger partial charge in [-0.05, 0) is 42.7 Å². The third-order valence-electron chi connectivity index (χ3n) is 3.23. The Labute approximate surface area is 159 Å². The predicted octanol–water partition coefficient (Wildman–Crippen LogP) is 0.934. The normalized spacial score (nSPS) is 11.3. The highest BCUT2D eigenvalue weighted by Crippen LogP contribution is 2.12. The molecule has 0 bridgehead atoms. The van der Waals surface area contributed by atoms with Crippen LogP contribution in [0.25, 0.3) is 5.69 Å². The van der Waals surface area contributed by atoms with E-state index in [1.54, 1.807) is 31.2 Å². The maximum absolute atomic E-state index is 12.3. The number of carbonyl (C=O) groups is 3. The average Bonchev–Trinajstić information content (AvgIpc) is 3.05. The van der Waals surface area contributed by atoms with Gasteiger partial charge in [0.05, 0.1) is 24.5 Å². The highest BCUT2D eigenvalue weighted by Gasteiger charge is 2.16. The summed E-state index contributed by atoms with van der Waals surface area (Å²) in [5.74, 6) is -1.31. The maximum atomic E-state index is 12.3. The first-order valence-corrected chi connectivity index (χ1v) is 8.94. The zero-order chi connectivity index (χ0) is 19.8. The molecule has 0 radical (unpaired) electrons. The van der Waals surface area contributed by atoms with E-state index in [9.17, 15) is 14.4 Å². The number of hydrogen-bond donors (Lipinski definition) is 1. The Morgan fingerprint density at radius 1 is 1.26 bits per heavy atom. The summed E-state index contributed by atoms with van der Waals surface area (Å²) in [6.07, 6.45) is 0. The van der Waals surface area contributed by atoms with Crippen molar-refractivity contribution in [2.75, 3.05) is 26.9 Å². The Balaban J connectivity index is 2.33. The molecule has 2 amide bonds. The van der Waals surface area contributed by atoms with E-state index in [1.165, 1.54) is 18.1 Å². The Bertz CT molecular complexity index is 885. The van der Waals surface area contributed by atoms with E-state index in [2.05, 4.69) is 15.4 Å². The molecule has 1 aromatic carbocycles. The Morgan fingerprint density at radius 2 is 1.96 bits per heavy atom. The number of amides is 2. The highest BCUT2D eigenvalue weighted by atomic mass is 32.1. The fraction of sp³-hybridized carbons (Fsp3) is 0.353. The molecule has 2 aromatic rings. The summed E-state index contributed by atoms with van der Waals surface area (Å²) < 4.78 is 11.5. The van der Waals surface area contributed by atoms with E-state index in [0.29, 0.717) is 31.0 Å². The van der Waals surface area contributed by atoms with Crippen molar-refractivity contribution in [3.05, 3.63) is 40.2 Å². The summed E-state index contributed by atoms with van der Waals surface area (Å²) in [5, 5.41) is 6.89. The Hall–Kier alpha value is -2.85. The number of hydrogen-bond acceptors (Lipinski definition) is 7. The lowest BCUT2D eigenvalue weighted by atomic mass is 10.2. The summed E-state index contributed by atoms with van der Waals surface area (Å²) in [7, 11) is 1.53. The van der Waals surface area contributed by atoms with Crippen molar-refractivity contribution in [3.63, 3.8) is 0 Å². The van der Waals surface area contributed by atoms with Crippen LogP contribution in [0.5, 0.6) is 0 Å². The van der Waals surface area contributed by atoms with E-state index in [4.69, 9.17) is 9.47 Å². The lowest BCUT2D eigenvalue weighted by Crippen LogP contribution is -2.30. The van der Waals surface area contributed by atoms with Gasteiger partial charge in [0, 0.05) is 20.6 Å². The molecule has 0 aliphatic rings. The second kappa shape index (κ2) is 9.74. The lowest BCUT2D eigenvalue weighted by molar-refractivity contribution is -0.116. The summed E-state index contributed by atoms with van der Waals surface area (Å²) >= 11 is 1.04.